The quantitative estimate of drug-likeness (QED) is 0.583. The molecule has 2 amide bonds. The third kappa shape index (κ3) is 5.50. The number of aryl methyl sites for hydroxylation is 1. The van der Waals surface area contributed by atoms with E-state index in [1.807, 2.05) is 80.6 Å². The average molecular weight is 406 g/mol. The van der Waals surface area contributed by atoms with Gasteiger partial charge in [-0.15, -0.1) is 0 Å². The molecule has 0 spiro atoms. The monoisotopic (exact) mass is 406 g/mol. The molecule has 3 rings (SSSR count). The molecule has 0 aliphatic carbocycles. The van der Waals surface area contributed by atoms with Gasteiger partial charge < -0.3 is 9.47 Å². The summed E-state index contributed by atoms with van der Waals surface area (Å²) in [6.07, 6.45) is -1.05. The molecule has 2 atom stereocenters. The predicted octanol–water partition coefficient (Wildman–Crippen LogP) is 3.92. The van der Waals surface area contributed by atoms with Crippen LogP contribution in [0.15, 0.2) is 66.7 Å². The van der Waals surface area contributed by atoms with Crippen molar-refractivity contribution in [2.45, 2.75) is 39.4 Å². The highest BCUT2D eigenvalue weighted by molar-refractivity contribution is 5.87. The van der Waals surface area contributed by atoms with E-state index < -0.39 is 24.0 Å². The molecule has 156 valence electrons. The summed E-state index contributed by atoms with van der Waals surface area (Å²) in [7, 11) is 0. The van der Waals surface area contributed by atoms with Crippen LogP contribution in [0.5, 0.6) is 11.5 Å². The van der Waals surface area contributed by atoms with Gasteiger partial charge in [0.2, 0.25) is 0 Å². The van der Waals surface area contributed by atoms with Crippen molar-refractivity contribution in [1.29, 1.82) is 0 Å². The SMILES string of the molecule is CC[C@H](Oc1ccc(C)cc1)C(=O)NNC(=O)[C@@H](C)Oc1ccc2ccccc2c1. The van der Waals surface area contributed by atoms with Crippen molar-refractivity contribution in [3.05, 3.63) is 72.3 Å². The van der Waals surface area contributed by atoms with E-state index >= 15 is 0 Å². The first-order valence-corrected chi connectivity index (χ1v) is 9.94. The average Bonchev–Trinajstić information content (AvgIpc) is 2.76. The largest absolute Gasteiger partial charge is 0.481 e. The van der Waals surface area contributed by atoms with Gasteiger partial charge in [-0.1, -0.05) is 55.0 Å². The number of fused-ring (bicyclic) bond motifs is 1. The molecule has 0 aromatic heterocycles. The van der Waals surface area contributed by atoms with Crippen LogP contribution < -0.4 is 20.3 Å². The van der Waals surface area contributed by atoms with Crippen molar-refractivity contribution in [2.75, 3.05) is 0 Å². The molecule has 0 bridgehead atoms. The van der Waals surface area contributed by atoms with Gasteiger partial charge in [0.15, 0.2) is 12.2 Å². The molecule has 3 aromatic rings. The van der Waals surface area contributed by atoms with Gasteiger partial charge in [-0.2, -0.15) is 0 Å². The Morgan fingerprint density at radius 2 is 1.47 bits per heavy atom. The maximum Gasteiger partial charge on any atom is 0.279 e. The Labute approximate surface area is 176 Å². The summed E-state index contributed by atoms with van der Waals surface area (Å²) in [6.45, 7) is 5.44. The Bertz CT molecular complexity index is 1020. The van der Waals surface area contributed by atoms with Gasteiger partial charge in [0, 0.05) is 0 Å². The molecular weight excluding hydrogens is 380 g/mol. The number of hydrogen-bond acceptors (Lipinski definition) is 4. The third-order valence-corrected chi connectivity index (χ3v) is 4.67. The summed E-state index contributed by atoms with van der Waals surface area (Å²) < 4.78 is 11.4. The summed E-state index contributed by atoms with van der Waals surface area (Å²) in [4.78, 5) is 24.7. The van der Waals surface area contributed by atoms with Crippen LogP contribution in [0.25, 0.3) is 10.8 Å². The second kappa shape index (κ2) is 9.78. The predicted molar refractivity (Wildman–Crippen MR) is 116 cm³/mol. The topological polar surface area (TPSA) is 76.7 Å². The molecule has 6 nitrogen and oxygen atoms in total. The van der Waals surface area contributed by atoms with E-state index in [4.69, 9.17) is 9.47 Å². The zero-order valence-electron chi connectivity index (χ0n) is 17.3. The Balaban J connectivity index is 1.52. The Hall–Kier alpha value is -3.54. The minimum Gasteiger partial charge on any atom is -0.481 e. The molecule has 30 heavy (non-hydrogen) atoms. The molecule has 0 saturated carbocycles. The van der Waals surface area contributed by atoms with Crippen LogP contribution in [0.4, 0.5) is 0 Å². The molecule has 0 fully saturated rings. The molecule has 0 aliphatic heterocycles. The lowest BCUT2D eigenvalue weighted by Crippen LogP contribution is -2.51. The van der Waals surface area contributed by atoms with Crippen molar-refractivity contribution < 1.29 is 19.1 Å². The highest BCUT2D eigenvalue weighted by Crippen LogP contribution is 2.21. The summed E-state index contributed by atoms with van der Waals surface area (Å²) >= 11 is 0. The third-order valence-electron chi connectivity index (χ3n) is 4.67. The van der Waals surface area contributed by atoms with Gasteiger partial charge in [-0.3, -0.25) is 20.4 Å². The van der Waals surface area contributed by atoms with E-state index in [0.717, 1.165) is 16.3 Å². The maximum absolute atomic E-state index is 12.4. The minimum absolute atomic E-state index is 0.427. The van der Waals surface area contributed by atoms with Crippen LogP contribution in [0, 0.1) is 6.92 Å². The number of carbonyl (C=O) groups is 2. The second-order valence-electron chi connectivity index (χ2n) is 7.08. The van der Waals surface area contributed by atoms with Crippen LogP contribution in [0.2, 0.25) is 0 Å². The molecule has 0 saturated heterocycles. The number of amides is 2. The number of rotatable bonds is 7. The van der Waals surface area contributed by atoms with Gasteiger partial charge in [0.25, 0.3) is 11.8 Å². The molecule has 0 unspecified atom stereocenters. The fourth-order valence-corrected chi connectivity index (χ4v) is 2.91. The van der Waals surface area contributed by atoms with Crippen molar-refractivity contribution >= 4 is 22.6 Å². The number of nitrogens with one attached hydrogen (secondary N) is 2. The van der Waals surface area contributed by atoms with Crippen molar-refractivity contribution in [1.82, 2.24) is 10.9 Å². The number of hydrazine groups is 1. The van der Waals surface area contributed by atoms with Crippen LogP contribution in [0.1, 0.15) is 25.8 Å². The fourth-order valence-electron chi connectivity index (χ4n) is 2.91. The molecule has 2 N–H and O–H groups in total. The van der Waals surface area contributed by atoms with Crippen molar-refractivity contribution in [2.24, 2.45) is 0 Å². The number of carbonyl (C=O) groups excluding carboxylic acids is 2. The van der Waals surface area contributed by atoms with Crippen LogP contribution >= 0.6 is 0 Å². The first-order valence-electron chi connectivity index (χ1n) is 9.94. The fraction of sp³-hybridized carbons (Fsp3) is 0.250. The molecule has 0 aliphatic rings. The second-order valence-corrected chi connectivity index (χ2v) is 7.08. The zero-order valence-corrected chi connectivity index (χ0v) is 17.3. The first kappa shape index (κ1) is 21.2. The van der Waals surface area contributed by atoms with Crippen LogP contribution in [0.3, 0.4) is 0 Å². The highest BCUT2D eigenvalue weighted by Gasteiger charge is 2.21. The van der Waals surface area contributed by atoms with Crippen molar-refractivity contribution in [3.63, 3.8) is 0 Å². The van der Waals surface area contributed by atoms with E-state index in [2.05, 4.69) is 10.9 Å². The summed E-state index contributed by atoms with van der Waals surface area (Å²) in [6, 6.07) is 21.0. The normalized spacial score (nSPS) is 12.6. The van der Waals surface area contributed by atoms with E-state index in [1.54, 1.807) is 6.92 Å². The Morgan fingerprint density at radius 3 is 2.17 bits per heavy atom. The van der Waals surface area contributed by atoms with Gasteiger partial charge in [-0.05, 0) is 55.3 Å². The molecular formula is C24H26N2O4. The highest BCUT2D eigenvalue weighted by atomic mass is 16.5. The van der Waals surface area contributed by atoms with Gasteiger partial charge in [0.1, 0.15) is 11.5 Å². The van der Waals surface area contributed by atoms with E-state index in [0.29, 0.717) is 17.9 Å². The van der Waals surface area contributed by atoms with Gasteiger partial charge in [-0.25, -0.2) is 0 Å². The number of hydrogen-bond donors (Lipinski definition) is 2. The van der Waals surface area contributed by atoms with Crippen LogP contribution in [-0.4, -0.2) is 24.0 Å². The maximum atomic E-state index is 12.4. The Kier molecular flexibility index (Phi) is 6.91. The lowest BCUT2D eigenvalue weighted by Gasteiger charge is -2.19. The summed E-state index contributed by atoms with van der Waals surface area (Å²) in [5, 5.41) is 2.11. The van der Waals surface area contributed by atoms with E-state index in [9.17, 15) is 9.59 Å². The smallest absolute Gasteiger partial charge is 0.279 e. The zero-order chi connectivity index (χ0) is 21.5. The van der Waals surface area contributed by atoms with Gasteiger partial charge in [0.05, 0.1) is 0 Å². The van der Waals surface area contributed by atoms with Crippen LogP contribution in [-0.2, 0) is 9.59 Å². The molecule has 0 radical (unpaired) electrons. The number of ether oxygens (including phenoxy) is 2. The summed E-state index contributed by atoms with van der Waals surface area (Å²) in [5.41, 5.74) is 5.93. The lowest BCUT2D eigenvalue weighted by molar-refractivity contribution is -0.135. The molecule has 0 heterocycles. The first-order chi connectivity index (χ1) is 14.5. The van der Waals surface area contributed by atoms with E-state index in [1.165, 1.54) is 0 Å². The lowest BCUT2D eigenvalue weighted by atomic mass is 10.1. The van der Waals surface area contributed by atoms with E-state index in [-0.39, 0.29) is 0 Å². The minimum atomic E-state index is -0.787. The Morgan fingerprint density at radius 1 is 0.833 bits per heavy atom. The number of benzene rings is 3. The molecule has 3 aromatic carbocycles. The standard InChI is InChI=1S/C24H26N2O4/c1-4-22(30-20-12-9-16(2)10-13-20)24(28)26-25-23(27)17(3)29-21-14-11-18-7-5-6-8-19(18)15-21/h5-15,17,22H,4H2,1-3H3,(H,25,27)(H,26,28)/t17-,22+/m1/s1. The van der Waals surface area contributed by atoms with Gasteiger partial charge >= 0.3 is 0 Å². The molecule has 6 heteroatoms. The van der Waals surface area contributed by atoms with Crippen molar-refractivity contribution in [3.8, 4) is 11.5 Å². The summed E-state index contributed by atoms with van der Waals surface area (Å²) in [5.74, 6) is 0.296.